The van der Waals surface area contributed by atoms with Gasteiger partial charge in [0, 0.05) is 19.1 Å². The average molecular weight is 333 g/mol. The van der Waals surface area contributed by atoms with Crippen LogP contribution in [0, 0.1) is 5.92 Å². The summed E-state index contributed by atoms with van der Waals surface area (Å²) >= 11 is 0.925. The van der Waals surface area contributed by atoms with Crippen LogP contribution in [0.4, 0.5) is 0 Å². The van der Waals surface area contributed by atoms with E-state index in [1.807, 2.05) is 6.92 Å². The summed E-state index contributed by atoms with van der Waals surface area (Å²) in [5, 5.41) is 0. The number of methoxy groups -OCH3 is 1. The topological polar surface area (TPSA) is 103 Å². The van der Waals surface area contributed by atoms with Gasteiger partial charge in [-0.1, -0.05) is 6.92 Å². The molecule has 1 aliphatic rings. The van der Waals surface area contributed by atoms with E-state index in [0.29, 0.717) is 6.54 Å². The molecule has 0 aromatic carbocycles. The summed E-state index contributed by atoms with van der Waals surface area (Å²) in [5.41, 5.74) is 6.93. The normalized spacial score (nSPS) is 24.0. The summed E-state index contributed by atoms with van der Waals surface area (Å²) < 4.78 is 31.6. The molecule has 9 heteroatoms. The lowest BCUT2D eigenvalue weighted by Crippen LogP contribution is -2.51. The number of ether oxygens (including phenoxy) is 1. The van der Waals surface area contributed by atoms with Crippen molar-refractivity contribution < 1.29 is 17.9 Å². The molecule has 2 N–H and O–H groups in total. The van der Waals surface area contributed by atoms with Crippen LogP contribution in [0.25, 0.3) is 0 Å². The highest BCUT2D eigenvalue weighted by Crippen LogP contribution is 2.31. The molecule has 21 heavy (non-hydrogen) atoms. The van der Waals surface area contributed by atoms with Gasteiger partial charge in [0.2, 0.25) is 0 Å². The van der Waals surface area contributed by atoms with Gasteiger partial charge in [0.15, 0.2) is 9.90 Å². The van der Waals surface area contributed by atoms with E-state index in [9.17, 15) is 13.2 Å². The monoisotopic (exact) mass is 333 g/mol. The number of nitrogens with zero attached hydrogens (tertiary/aromatic N) is 2. The van der Waals surface area contributed by atoms with Crippen molar-refractivity contribution in [2.45, 2.75) is 30.0 Å². The molecular weight excluding hydrogens is 314 g/mol. The fraction of sp³-hybridized carbons (Fsp3) is 0.667. The first-order valence-electron chi connectivity index (χ1n) is 6.67. The standard InChI is InChI=1S/C12H19N3O4S2/c1-8-4-3-5-15(9(8)6-13)21(17,18)12-10(11(16)19-2)14-7-20-12/h7-9H,3-6,13H2,1-2H3. The van der Waals surface area contributed by atoms with Gasteiger partial charge in [0.25, 0.3) is 10.0 Å². The van der Waals surface area contributed by atoms with Gasteiger partial charge in [-0.25, -0.2) is 18.2 Å². The number of sulfonamides is 1. The molecule has 0 bridgehead atoms. The van der Waals surface area contributed by atoms with Gasteiger partial charge in [-0.2, -0.15) is 4.31 Å². The number of thiazole rings is 1. The van der Waals surface area contributed by atoms with Crippen molar-refractivity contribution >= 4 is 27.3 Å². The molecule has 2 heterocycles. The second kappa shape index (κ2) is 6.39. The average Bonchev–Trinajstić information content (AvgIpc) is 2.96. The predicted molar refractivity (Wildman–Crippen MR) is 78.6 cm³/mol. The van der Waals surface area contributed by atoms with E-state index in [-0.39, 0.29) is 28.4 Å². The highest BCUT2D eigenvalue weighted by molar-refractivity contribution is 7.91. The largest absolute Gasteiger partial charge is 0.464 e. The molecule has 1 fully saturated rings. The van der Waals surface area contributed by atoms with E-state index < -0.39 is 16.0 Å². The molecule has 2 unspecified atom stereocenters. The minimum absolute atomic E-state index is 0.0677. The quantitative estimate of drug-likeness (QED) is 0.813. The molecular formula is C12H19N3O4S2. The molecule has 0 aliphatic carbocycles. The van der Waals surface area contributed by atoms with Crippen LogP contribution in [-0.2, 0) is 14.8 Å². The van der Waals surface area contributed by atoms with E-state index >= 15 is 0 Å². The predicted octanol–water partition coefficient (Wildman–Crippen LogP) is 0.678. The van der Waals surface area contributed by atoms with Crippen molar-refractivity contribution in [2.75, 3.05) is 20.2 Å². The van der Waals surface area contributed by atoms with Crippen molar-refractivity contribution in [2.24, 2.45) is 11.7 Å². The summed E-state index contributed by atoms with van der Waals surface area (Å²) in [5.74, 6) is -0.558. The van der Waals surface area contributed by atoms with Crippen molar-refractivity contribution in [3.63, 3.8) is 0 Å². The van der Waals surface area contributed by atoms with Crippen LogP contribution in [0.3, 0.4) is 0 Å². The maximum atomic E-state index is 12.8. The first kappa shape index (κ1) is 16.3. The Morgan fingerprint density at radius 3 is 2.95 bits per heavy atom. The van der Waals surface area contributed by atoms with Crippen LogP contribution in [0.1, 0.15) is 30.3 Å². The van der Waals surface area contributed by atoms with Crippen molar-refractivity contribution in [1.29, 1.82) is 0 Å². The maximum absolute atomic E-state index is 12.8. The van der Waals surface area contributed by atoms with Crippen LogP contribution in [-0.4, -0.2) is 49.9 Å². The second-order valence-corrected chi connectivity index (χ2v) is 7.96. The van der Waals surface area contributed by atoms with Gasteiger partial charge < -0.3 is 10.5 Å². The fourth-order valence-electron chi connectivity index (χ4n) is 2.62. The Morgan fingerprint density at radius 2 is 2.33 bits per heavy atom. The summed E-state index contributed by atoms with van der Waals surface area (Å²) in [6.45, 7) is 2.66. The molecule has 1 aliphatic heterocycles. The number of esters is 1. The molecule has 1 aromatic rings. The number of hydrogen-bond donors (Lipinski definition) is 1. The first-order valence-corrected chi connectivity index (χ1v) is 8.99. The number of aromatic nitrogens is 1. The molecule has 7 nitrogen and oxygen atoms in total. The van der Waals surface area contributed by atoms with Crippen molar-refractivity contribution in [3.05, 3.63) is 11.2 Å². The lowest BCUT2D eigenvalue weighted by Gasteiger charge is -2.38. The zero-order chi connectivity index (χ0) is 15.6. The van der Waals surface area contributed by atoms with Gasteiger partial charge >= 0.3 is 5.97 Å². The van der Waals surface area contributed by atoms with Crippen LogP contribution < -0.4 is 5.73 Å². The third kappa shape index (κ3) is 2.96. The van der Waals surface area contributed by atoms with Gasteiger partial charge in [-0.15, -0.1) is 11.3 Å². The Kier molecular flexibility index (Phi) is 4.97. The van der Waals surface area contributed by atoms with Gasteiger partial charge in [-0.3, -0.25) is 0 Å². The van der Waals surface area contributed by atoms with E-state index in [4.69, 9.17) is 5.73 Å². The second-order valence-electron chi connectivity index (χ2n) is 5.02. The van der Waals surface area contributed by atoms with Gasteiger partial charge in [0.05, 0.1) is 12.6 Å². The molecule has 2 rings (SSSR count). The Hall–Kier alpha value is -1.03. The number of rotatable bonds is 4. The summed E-state index contributed by atoms with van der Waals surface area (Å²) in [6.07, 6.45) is 1.73. The zero-order valence-corrected chi connectivity index (χ0v) is 13.6. The molecule has 1 saturated heterocycles. The number of piperidine rings is 1. The third-order valence-electron chi connectivity index (χ3n) is 3.76. The number of hydrogen-bond acceptors (Lipinski definition) is 7. The van der Waals surface area contributed by atoms with Crippen LogP contribution >= 0.6 is 11.3 Å². The fourth-order valence-corrected chi connectivity index (χ4v) is 5.63. The Bertz CT molecular complexity index is 614. The Labute approximate surface area is 128 Å². The lowest BCUT2D eigenvalue weighted by atomic mass is 9.93. The number of carbonyl (C=O) groups is 1. The zero-order valence-electron chi connectivity index (χ0n) is 12.0. The molecule has 0 amide bonds. The highest BCUT2D eigenvalue weighted by atomic mass is 32.2. The molecule has 0 spiro atoms. The maximum Gasteiger partial charge on any atom is 0.358 e. The molecule has 118 valence electrons. The van der Waals surface area contributed by atoms with Gasteiger partial charge in [-0.05, 0) is 18.8 Å². The molecule has 2 atom stereocenters. The minimum Gasteiger partial charge on any atom is -0.464 e. The Balaban J connectivity index is 2.42. The molecule has 0 saturated carbocycles. The minimum atomic E-state index is -3.79. The SMILES string of the molecule is COC(=O)c1ncsc1S(=O)(=O)N1CCCC(C)C1CN. The van der Waals surface area contributed by atoms with Crippen LogP contribution in [0.15, 0.2) is 9.72 Å². The molecule has 1 aromatic heterocycles. The van der Waals surface area contributed by atoms with E-state index in [1.54, 1.807) is 0 Å². The van der Waals surface area contributed by atoms with E-state index in [1.165, 1.54) is 16.9 Å². The third-order valence-corrected chi connectivity index (χ3v) is 7.03. The molecule has 0 radical (unpaired) electrons. The summed E-state index contributed by atoms with van der Waals surface area (Å²) in [6, 6.07) is -0.253. The Morgan fingerprint density at radius 1 is 1.62 bits per heavy atom. The van der Waals surface area contributed by atoms with Crippen LogP contribution in [0.2, 0.25) is 0 Å². The first-order chi connectivity index (χ1) is 9.93. The summed E-state index contributed by atoms with van der Waals surface area (Å²) in [7, 11) is -2.59. The van der Waals surface area contributed by atoms with Crippen molar-refractivity contribution in [3.8, 4) is 0 Å². The summed E-state index contributed by atoms with van der Waals surface area (Å²) in [4.78, 5) is 15.5. The smallest absolute Gasteiger partial charge is 0.358 e. The number of nitrogens with two attached hydrogens (primary N) is 1. The lowest BCUT2D eigenvalue weighted by molar-refractivity contribution is 0.0590. The van der Waals surface area contributed by atoms with Crippen molar-refractivity contribution in [1.82, 2.24) is 9.29 Å². The van der Waals surface area contributed by atoms with E-state index in [0.717, 1.165) is 24.2 Å². The number of carbonyl (C=O) groups excluding carboxylic acids is 1. The van der Waals surface area contributed by atoms with Crippen LogP contribution in [0.5, 0.6) is 0 Å². The van der Waals surface area contributed by atoms with E-state index in [2.05, 4.69) is 9.72 Å². The van der Waals surface area contributed by atoms with Gasteiger partial charge in [0.1, 0.15) is 0 Å². The highest BCUT2D eigenvalue weighted by Gasteiger charge is 2.39.